The standard InChI is InChI=1S/3C8H18.C6H6.Sn/c3*1-3-5-7-8-6-4-2;1-2-4-6-5-3-1;/h3*3-8H2,1-2H3;1-6H;. The average molecular weight is 540 g/mol. The largest absolute Gasteiger partial charge is 0.0654 e. The molecule has 1 aromatic carbocycles. The van der Waals surface area contributed by atoms with Crippen LogP contribution in [0.4, 0.5) is 0 Å². The van der Waals surface area contributed by atoms with Crippen LogP contribution < -0.4 is 0 Å². The number of rotatable bonds is 15. The number of hydrogen-bond acceptors (Lipinski definition) is 0. The van der Waals surface area contributed by atoms with Gasteiger partial charge in [0.05, 0.1) is 0 Å². The summed E-state index contributed by atoms with van der Waals surface area (Å²) in [7, 11) is 0. The summed E-state index contributed by atoms with van der Waals surface area (Å²) >= 11 is 0. The summed E-state index contributed by atoms with van der Waals surface area (Å²) in [6.07, 6.45) is 25.5. The first-order valence-corrected chi connectivity index (χ1v) is 13.7. The smallest absolute Gasteiger partial charge is 0 e. The molecule has 31 heavy (non-hydrogen) atoms. The van der Waals surface area contributed by atoms with Gasteiger partial charge in [-0.2, -0.15) is 0 Å². The van der Waals surface area contributed by atoms with Crippen LogP contribution in [0.2, 0.25) is 0 Å². The third-order valence-corrected chi connectivity index (χ3v) is 5.04. The second-order valence-electron chi connectivity index (χ2n) is 8.40. The van der Waals surface area contributed by atoms with Crippen LogP contribution in [-0.4, -0.2) is 23.9 Å². The van der Waals surface area contributed by atoms with Crippen LogP contribution in [0.25, 0.3) is 0 Å². The van der Waals surface area contributed by atoms with E-state index in [1.54, 1.807) is 0 Å². The third kappa shape index (κ3) is 53.3. The minimum atomic E-state index is 0. The van der Waals surface area contributed by atoms with Crippen molar-refractivity contribution in [2.45, 2.75) is 157 Å². The van der Waals surface area contributed by atoms with E-state index in [1.807, 2.05) is 36.4 Å². The predicted octanol–water partition coefficient (Wildman–Crippen LogP) is 11.4. The first kappa shape index (κ1) is 38.3. The van der Waals surface area contributed by atoms with Gasteiger partial charge in [-0.05, 0) is 0 Å². The maximum atomic E-state index is 2.26. The minimum absolute atomic E-state index is 0. The van der Waals surface area contributed by atoms with E-state index >= 15 is 0 Å². The van der Waals surface area contributed by atoms with E-state index < -0.39 is 0 Å². The Bertz CT molecular complexity index is 249. The van der Waals surface area contributed by atoms with Crippen molar-refractivity contribution in [1.82, 2.24) is 0 Å². The summed E-state index contributed by atoms with van der Waals surface area (Å²) < 4.78 is 0. The zero-order valence-corrected chi connectivity index (χ0v) is 25.5. The van der Waals surface area contributed by atoms with Crippen molar-refractivity contribution in [2.75, 3.05) is 0 Å². The van der Waals surface area contributed by atoms with Gasteiger partial charge in [-0.3, -0.25) is 0 Å². The van der Waals surface area contributed by atoms with Crippen LogP contribution in [0, 0.1) is 0 Å². The fourth-order valence-corrected chi connectivity index (χ4v) is 2.95. The molecule has 4 radical (unpaired) electrons. The Balaban J connectivity index is -0.000000156. The second kappa shape index (κ2) is 43.8. The summed E-state index contributed by atoms with van der Waals surface area (Å²) in [5.74, 6) is 0. The molecule has 0 bridgehead atoms. The molecule has 1 rings (SSSR count). The second-order valence-corrected chi connectivity index (χ2v) is 8.40. The molecule has 0 saturated carbocycles. The molecule has 0 unspecified atom stereocenters. The van der Waals surface area contributed by atoms with E-state index in [4.69, 9.17) is 0 Å². The maximum Gasteiger partial charge on any atom is 0 e. The molecular weight excluding hydrogens is 479 g/mol. The number of benzene rings is 1. The summed E-state index contributed by atoms with van der Waals surface area (Å²) in [4.78, 5) is 0. The Morgan fingerprint density at radius 3 is 0.484 bits per heavy atom. The van der Waals surface area contributed by atoms with Crippen molar-refractivity contribution >= 4 is 23.9 Å². The molecule has 184 valence electrons. The summed E-state index contributed by atoms with van der Waals surface area (Å²) in [5, 5.41) is 0. The van der Waals surface area contributed by atoms with Crippen LogP contribution >= 0.6 is 0 Å². The Kier molecular flexibility index (Phi) is 54.1. The molecular formula is C30H60Sn. The molecule has 0 aliphatic rings. The minimum Gasteiger partial charge on any atom is -0.0654 e. The van der Waals surface area contributed by atoms with Gasteiger partial charge >= 0.3 is 0 Å². The SMILES string of the molecule is CCCCCCCC.CCCCCCCC.CCCCCCCC.[Sn].c1ccccc1. The zero-order valence-electron chi connectivity index (χ0n) is 22.7. The molecule has 0 aromatic heterocycles. The van der Waals surface area contributed by atoms with Gasteiger partial charge in [0.1, 0.15) is 0 Å². The Morgan fingerprint density at radius 2 is 0.387 bits per heavy atom. The molecule has 0 spiro atoms. The van der Waals surface area contributed by atoms with Gasteiger partial charge in [-0.1, -0.05) is 194 Å². The van der Waals surface area contributed by atoms with Gasteiger partial charge in [-0.15, -0.1) is 0 Å². The predicted molar refractivity (Wildman–Crippen MR) is 149 cm³/mol. The fourth-order valence-electron chi connectivity index (χ4n) is 2.95. The van der Waals surface area contributed by atoms with E-state index in [0.717, 1.165) is 0 Å². The Labute approximate surface area is 216 Å². The van der Waals surface area contributed by atoms with Crippen molar-refractivity contribution in [2.24, 2.45) is 0 Å². The zero-order chi connectivity index (χ0) is 23.0. The van der Waals surface area contributed by atoms with Gasteiger partial charge in [0.15, 0.2) is 0 Å². The molecule has 0 saturated heterocycles. The molecule has 0 atom stereocenters. The topological polar surface area (TPSA) is 0 Å². The first-order chi connectivity index (χ1) is 14.7. The van der Waals surface area contributed by atoms with E-state index in [9.17, 15) is 0 Å². The fraction of sp³-hybridized carbons (Fsp3) is 0.800. The van der Waals surface area contributed by atoms with E-state index in [-0.39, 0.29) is 23.9 Å². The van der Waals surface area contributed by atoms with Crippen molar-refractivity contribution in [3.8, 4) is 0 Å². The van der Waals surface area contributed by atoms with Crippen LogP contribution in [0.5, 0.6) is 0 Å². The van der Waals surface area contributed by atoms with Gasteiger partial charge in [0.2, 0.25) is 0 Å². The molecule has 0 aliphatic carbocycles. The van der Waals surface area contributed by atoms with Gasteiger partial charge in [-0.25, -0.2) is 0 Å². The molecule has 1 aromatic rings. The first-order valence-electron chi connectivity index (χ1n) is 13.7. The van der Waals surface area contributed by atoms with E-state index in [0.29, 0.717) is 0 Å². The number of hydrogen-bond donors (Lipinski definition) is 0. The third-order valence-electron chi connectivity index (χ3n) is 5.04. The molecule has 0 aliphatic heterocycles. The van der Waals surface area contributed by atoms with Gasteiger partial charge in [0.25, 0.3) is 0 Å². The molecule has 0 fully saturated rings. The molecule has 0 heterocycles. The van der Waals surface area contributed by atoms with Crippen molar-refractivity contribution < 1.29 is 0 Å². The van der Waals surface area contributed by atoms with E-state index in [2.05, 4.69) is 41.5 Å². The maximum absolute atomic E-state index is 2.26. The van der Waals surface area contributed by atoms with Crippen molar-refractivity contribution in [3.05, 3.63) is 36.4 Å². The molecule has 0 nitrogen and oxygen atoms in total. The van der Waals surface area contributed by atoms with Crippen molar-refractivity contribution in [3.63, 3.8) is 0 Å². The number of unbranched alkanes of at least 4 members (excludes halogenated alkanes) is 15. The van der Waals surface area contributed by atoms with Crippen LogP contribution in [0.1, 0.15) is 157 Å². The molecule has 1 heteroatoms. The van der Waals surface area contributed by atoms with Gasteiger partial charge in [0, 0.05) is 23.9 Å². The van der Waals surface area contributed by atoms with Crippen LogP contribution in [0.15, 0.2) is 36.4 Å². The Hall–Kier alpha value is 0.0187. The quantitative estimate of drug-likeness (QED) is 0.154. The monoisotopic (exact) mass is 540 g/mol. The van der Waals surface area contributed by atoms with Crippen molar-refractivity contribution in [1.29, 1.82) is 0 Å². The average Bonchev–Trinajstić information content (AvgIpc) is 2.80. The molecule has 0 amide bonds. The summed E-state index contributed by atoms with van der Waals surface area (Å²) in [6, 6.07) is 12.0. The summed E-state index contributed by atoms with van der Waals surface area (Å²) in [6.45, 7) is 13.5. The molecule has 0 N–H and O–H groups in total. The van der Waals surface area contributed by atoms with Crippen LogP contribution in [0.3, 0.4) is 0 Å². The van der Waals surface area contributed by atoms with E-state index in [1.165, 1.54) is 116 Å². The van der Waals surface area contributed by atoms with Crippen LogP contribution in [-0.2, 0) is 0 Å². The normalized spacial score (nSPS) is 9.10. The summed E-state index contributed by atoms with van der Waals surface area (Å²) in [5.41, 5.74) is 0. The Morgan fingerprint density at radius 1 is 0.258 bits per heavy atom. The van der Waals surface area contributed by atoms with Gasteiger partial charge < -0.3 is 0 Å².